The normalized spacial score (nSPS) is 37.7. The van der Waals surface area contributed by atoms with E-state index in [4.69, 9.17) is 0 Å². The number of piperidine rings is 1. The lowest BCUT2D eigenvalue weighted by Gasteiger charge is -2.34. The molecule has 1 aromatic rings. The number of carbonyl (C=O) groups is 1. The predicted octanol–water partition coefficient (Wildman–Crippen LogP) is 0.0657. The van der Waals surface area contributed by atoms with Gasteiger partial charge in [0.25, 0.3) is 0 Å². The van der Waals surface area contributed by atoms with E-state index in [1.165, 1.54) is 0 Å². The molecule has 0 radical (unpaired) electrons. The monoisotopic (exact) mass is 263 g/mol. The summed E-state index contributed by atoms with van der Waals surface area (Å²) in [6.45, 7) is 0.438. The second kappa shape index (κ2) is 4.59. The fraction of sp³-hybridized carbons (Fsp3) is 0.500. The number of aliphatic carboxylic acids is 1. The molecule has 5 nitrogen and oxygen atoms in total. The van der Waals surface area contributed by atoms with Crippen LogP contribution in [-0.2, 0) is 11.3 Å². The maximum atomic E-state index is 11.4. The molecule has 3 N–H and O–H groups in total. The highest BCUT2D eigenvalue weighted by atomic mass is 16.4. The van der Waals surface area contributed by atoms with Gasteiger partial charge in [0, 0.05) is 12.5 Å². The van der Waals surface area contributed by atoms with Crippen LogP contribution in [0.25, 0.3) is 0 Å². The summed E-state index contributed by atoms with van der Waals surface area (Å²) in [6.07, 6.45) is -1.02. The number of hydrogen-bond acceptors (Lipinski definition) is 4. The van der Waals surface area contributed by atoms with Crippen LogP contribution in [0.1, 0.15) is 12.0 Å². The molecule has 102 valence electrons. The van der Waals surface area contributed by atoms with Gasteiger partial charge in [-0.25, -0.2) is 0 Å². The van der Waals surface area contributed by atoms with Crippen molar-refractivity contribution in [3.05, 3.63) is 35.9 Å². The average molecular weight is 263 g/mol. The Balaban J connectivity index is 1.87. The third-order valence-electron chi connectivity index (χ3n) is 4.30. The number of aliphatic hydroxyl groups is 2. The van der Waals surface area contributed by atoms with Gasteiger partial charge >= 0.3 is 5.97 Å². The van der Waals surface area contributed by atoms with Gasteiger partial charge in [0.15, 0.2) is 0 Å². The Labute approximate surface area is 111 Å². The molecule has 2 bridgehead atoms. The summed E-state index contributed by atoms with van der Waals surface area (Å²) in [6, 6.07) is 8.36. The van der Waals surface area contributed by atoms with Crippen molar-refractivity contribution in [2.45, 2.75) is 37.3 Å². The minimum absolute atomic E-state index is 0.369. The molecule has 19 heavy (non-hydrogen) atoms. The quantitative estimate of drug-likeness (QED) is 0.719. The number of fused-ring (bicyclic) bond motifs is 2. The highest BCUT2D eigenvalue weighted by Gasteiger charge is 2.59. The Hall–Kier alpha value is -1.43. The Kier molecular flexibility index (Phi) is 3.05. The van der Waals surface area contributed by atoms with Gasteiger partial charge in [-0.2, -0.15) is 0 Å². The Bertz CT molecular complexity index is 478. The van der Waals surface area contributed by atoms with Crippen molar-refractivity contribution in [3.63, 3.8) is 0 Å². The van der Waals surface area contributed by atoms with Crippen molar-refractivity contribution < 1.29 is 20.1 Å². The second-order valence-electron chi connectivity index (χ2n) is 5.39. The molecule has 1 saturated heterocycles. The molecule has 2 unspecified atom stereocenters. The summed E-state index contributed by atoms with van der Waals surface area (Å²) >= 11 is 0. The first-order valence-electron chi connectivity index (χ1n) is 6.48. The van der Waals surface area contributed by atoms with Crippen LogP contribution in [0.4, 0.5) is 0 Å². The van der Waals surface area contributed by atoms with Crippen LogP contribution in [0.5, 0.6) is 0 Å². The summed E-state index contributed by atoms with van der Waals surface area (Å²) in [4.78, 5) is 13.1. The minimum atomic E-state index is -0.922. The van der Waals surface area contributed by atoms with Gasteiger partial charge in [-0.1, -0.05) is 30.3 Å². The fourth-order valence-corrected chi connectivity index (χ4v) is 3.53. The lowest BCUT2D eigenvalue weighted by atomic mass is 9.96. The van der Waals surface area contributed by atoms with E-state index in [-0.39, 0.29) is 5.92 Å². The van der Waals surface area contributed by atoms with Gasteiger partial charge in [-0.05, 0) is 12.0 Å². The van der Waals surface area contributed by atoms with Crippen LogP contribution >= 0.6 is 0 Å². The molecule has 2 fully saturated rings. The fourth-order valence-electron chi connectivity index (χ4n) is 3.53. The SMILES string of the molecule is O=C(O)[C@@H]1[C@H]2CC(O)[C@@H](C2O)N1Cc1ccccc1. The number of hydrogen-bond donors (Lipinski definition) is 3. The Morgan fingerprint density at radius 1 is 1.26 bits per heavy atom. The van der Waals surface area contributed by atoms with Crippen LogP contribution in [-0.4, -0.2) is 50.5 Å². The van der Waals surface area contributed by atoms with Crippen LogP contribution in [0.15, 0.2) is 30.3 Å². The first kappa shape index (κ1) is 12.6. The van der Waals surface area contributed by atoms with Crippen molar-refractivity contribution in [1.29, 1.82) is 0 Å². The smallest absolute Gasteiger partial charge is 0.321 e. The third kappa shape index (κ3) is 1.94. The highest BCUT2D eigenvalue weighted by molar-refractivity contribution is 5.75. The summed E-state index contributed by atoms with van der Waals surface area (Å²) in [5, 5.41) is 29.4. The van der Waals surface area contributed by atoms with Gasteiger partial charge in [0.1, 0.15) is 6.04 Å². The molecule has 5 heteroatoms. The first-order chi connectivity index (χ1) is 9.09. The Morgan fingerprint density at radius 2 is 1.95 bits per heavy atom. The van der Waals surface area contributed by atoms with Crippen molar-refractivity contribution in [1.82, 2.24) is 4.90 Å². The number of benzene rings is 1. The topological polar surface area (TPSA) is 81.0 Å². The van der Waals surface area contributed by atoms with E-state index >= 15 is 0 Å². The molecule has 0 amide bonds. The van der Waals surface area contributed by atoms with Gasteiger partial charge in [-0.15, -0.1) is 0 Å². The van der Waals surface area contributed by atoms with E-state index in [1.807, 2.05) is 30.3 Å². The molecule has 0 spiro atoms. The summed E-state index contributed by atoms with van der Waals surface area (Å²) < 4.78 is 0. The lowest BCUT2D eigenvalue weighted by molar-refractivity contribution is -0.146. The molecule has 0 aromatic heterocycles. The standard InChI is InChI=1S/C14H17NO4/c16-10-6-9-11(14(18)19)15(12(10)13(9)17)7-8-4-2-1-3-5-8/h1-5,9-13,16-17H,6-7H2,(H,18,19)/t9-,10?,11+,12+,13?/m1/s1. The van der Waals surface area contributed by atoms with E-state index in [9.17, 15) is 20.1 Å². The molecular formula is C14H17NO4. The second-order valence-corrected chi connectivity index (χ2v) is 5.39. The van der Waals surface area contributed by atoms with Crippen LogP contribution < -0.4 is 0 Å². The Morgan fingerprint density at radius 3 is 2.58 bits per heavy atom. The van der Waals surface area contributed by atoms with E-state index in [0.29, 0.717) is 13.0 Å². The lowest BCUT2D eigenvalue weighted by Crippen LogP contribution is -2.50. The number of nitrogens with zero attached hydrogens (tertiary/aromatic N) is 1. The molecular weight excluding hydrogens is 246 g/mol. The summed E-state index contributed by atoms with van der Waals surface area (Å²) in [5.41, 5.74) is 0.987. The molecule has 5 atom stereocenters. The molecule has 1 aliphatic carbocycles. The average Bonchev–Trinajstić information content (AvgIpc) is 2.79. The minimum Gasteiger partial charge on any atom is -0.480 e. The maximum absolute atomic E-state index is 11.4. The summed E-state index contributed by atoms with van der Waals surface area (Å²) in [7, 11) is 0. The number of carboxylic acids is 1. The summed E-state index contributed by atoms with van der Waals surface area (Å²) in [5.74, 6) is -1.30. The zero-order chi connectivity index (χ0) is 13.6. The van der Waals surface area contributed by atoms with Gasteiger partial charge in [0.2, 0.25) is 0 Å². The number of rotatable bonds is 3. The van der Waals surface area contributed by atoms with Crippen LogP contribution in [0.2, 0.25) is 0 Å². The van der Waals surface area contributed by atoms with Crippen LogP contribution in [0, 0.1) is 5.92 Å². The van der Waals surface area contributed by atoms with Gasteiger partial charge in [0.05, 0.1) is 18.2 Å². The van der Waals surface area contributed by atoms with E-state index in [1.54, 1.807) is 4.90 Å². The molecule has 1 saturated carbocycles. The number of carboxylic acid groups (broad SMARTS) is 1. The molecule has 1 aliphatic heterocycles. The van der Waals surface area contributed by atoms with Crippen LogP contribution in [0.3, 0.4) is 0 Å². The van der Waals surface area contributed by atoms with Gasteiger partial charge in [-0.3, -0.25) is 9.69 Å². The molecule has 3 rings (SSSR count). The van der Waals surface area contributed by atoms with E-state index in [2.05, 4.69) is 0 Å². The van der Waals surface area contributed by atoms with E-state index < -0.39 is 30.3 Å². The maximum Gasteiger partial charge on any atom is 0.321 e. The van der Waals surface area contributed by atoms with Gasteiger partial charge < -0.3 is 15.3 Å². The highest BCUT2D eigenvalue weighted by Crippen LogP contribution is 2.43. The molecule has 1 heterocycles. The first-order valence-corrected chi connectivity index (χ1v) is 6.48. The third-order valence-corrected chi connectivity index (χ3v) is 4.30. The number of likely N-dealkylation sites (tertiary alicyclic amines) is 1. The predicted molar refractivity (Wildman–Crippen MR) is 67.3 cm³/mol. The largest absolute Gasteiger partial charge is 0.480 e. The van der Waals surface area contributed by atoms with Crippen molar-refractivity contribution >= 4 is 5.97 Å². The molecule has 1 aromatic carbocycles. The van der Waals surface area contributed by atoms with E-state index in [0.717, 1.165) is 5.56 Å². The zero-order valence-corrected chi connectivity index (χ0v) is 10.4. The zero-order valence-electron chi connectivity index (χ0n) is 10.4. The van der Waals surface area contributed by atoms with Crippen molar-refractivity contribution in [2.75, 3.05) is 0 Å². The molecule has 2 aliphatic rings. The van der Waals surface area contributed by atoms with Crippen molar-refractivity contribution in [3.8, 4) is 0 Å². The van der Waals surface area contributed by atoms with Crippen molar-refractivity contribution in [2.24, 2.45) is 5.92 Å². The number of aliphatic hydroxyl groups excluding tert-OH is 2.